The molecule has 2 aromatic carbocycles. The average Bonchev–Trinajstić information content (AvgIpc) is 2.79. The lowest BCUT2D eigenvalue weighted by Gasteiger charge is -2.27. The molecule has 4 rings (SSSR count). The van der Waals surface area contributed by atoms with E-state index in [9.17, 15) is 0 Å². The molecule has 1 aliphatic heterocycles. The van der Waals surface area contributed by atoms with Crippen LogP contribution in [0.1, 0.15) is 23.5 Å². The van der Waals surface area contributed by atoms with E-state index in [0.717, 1.165) is 50.9 Å². The summed E-state index contributed by atoms with van der Waals surface area (Å²) >= 11 is 0. The molecule has 3 aromatic rings. The van der Waals surface area contributed by atoms with Crippen molar-refractivity contribution in [2.45, 2.75) is 12.3 Å². The van der Waals surface area contributed by atoms with Crippen LogP contribution in [0.25, 0.3) is 0 Å². The summed E-state index contributed by atoms with van der Waals surface area (Å²) in [7, 11) is 0. The summed E-state index contributed by atoms with van der Waals surface area (Å²) in [6.45, 7) is 4.10. The fourth-order valence-electron chi connectivity index (χ4n) is 3.65. The fourth-order valence-corrected chi connectivity index (χ4v) is 3.65. The Hall–Kier alpha value is -2.92. The Morgan fingerprint density at radius 2 is 1.54 bits per heavy atom. The Kier molecular flexibility index (Phi) is 6.15. The normalized spacial score (nSPS) is 14.2. The van der Waals surface area contributed by atoms with Crippen LogP contribution in [-0.4, -0.2) is 42.8 Å². The lowest BCUT2D eigenvalue weighted by Crippen LogP contribution is -2.36. The quantitative estimate of drug-likeness (QED) is 0.679. The van der Waals surface area contributed by atoms with Gasteiger partial charge in [-0.25, -0.2) is 9.97 Å². The van der Waals surface area contributed by atoms with E-state index in [0.29, 0.717) is 5.92 Å². The minimum Gasteiger partial charge on any atom is -0.378 e. The molecule has 1 fully saturated rings. The zero-order valence-electron chi connectivity index (χ0n) is 16.0. The Morgan fingerprint density at radius 1 is 0.893 bits per heavy atom. The molecule has 0 unspecified atom stereocenters. The Bertz CT molecular complexity index is 811. The van der Waals surface area contributed by atoms with Gasteiger partial charge in [-0.3, -0.25) is 0 Å². The molecule has 144 valence electrons. The highest BCUT2D eigenvalue weighted by atomic mass is 16.5. The highest BCUT2D eigenvalue weighted by Crippen LogP contribution is 2.28. The van der Waals surface area contributed by atoms with Crippen LogP contribution < -0.4 is 10.2 Å². The van der Waals surface area contributed by atoms with Crippen molar-refractivity contribution < 1.29 is 4.74 Å². The number of hydrogen-bond acceptors (Lipinski definition) is 5. The molecule has 28 heavy (non-hydrogen) atoms. The highest BCUT2D eigenvalue weighted by molar-refractivity contribution is 5.48. The molecule has 1 saturated heterocycles. The molecule has 0 spiro atoms. The van der Waals surface area contributed by atoms with Gasteiger partial charge in [-0.2, -0.15) is 0 Å². The van der Waals surface area contributed by atoms with E-state index in [4.69, 9.17) is 4.74 Å². The minimum absolute atomic E-state index is 0.357. The van der Waals surface area contributed by atoms with Gasteiger partial charge in [0.1, 0.15) is 18.0 Å². The van der Waals surface area contributed by atoms with Gasteiger partial charge in [-0.15, -0.1) is 0 Å². The number of morpholine rings is 1. The second-order valence-electron chi connectivity index (χ2n) is 6.95. The van der Waals surface area contributed by atoms with E-state index in [2.05, 4.69) is 80.8 Å². The van der Waals surface area contributed by atoms with Gasteiger partial charge in [0.05, 0.1) is 13.2 Å². The molecule has 0 atom stereocenters. The molecular formula is C23H26N4O. The summed E-state index contributed by atoms with van der Waals surface area (Å²) in [5.41, 5.74) is 2.68. The van der Waals surface area contributed by atoms with E-state index >= 15 is 0 Å². The molecule has 0 aliphatic carbocycles. The molecular weight excluding hydrogens is 348 g/mol. The first-order valence-corrected chi connectivity index (χ1v) is 9.88. The van der Waals surface area contributed by atoms with E-state index in [1.807, 2.05) is 6.07 Å². The Balaban J connectivity index is 1.42. The second kappa shape index (κ2) is 9.33. The zero-order chi connectivity index (χ0) is 19.0. The van der Waals surface area contributed by atoms with Crippen LogP contribution in [0.15, 0.2) is 73.1 Å². The van der Waals surface area contributed by atoms with Crippen LogP contribution in [0.3, 0.4) is 0 Å². The average molecular weight is 374 g/mol. The summed E-state index contributed by atoms with van der Waals surface area (Å²) < 4.78 is 5.43. The standard InChI is InChI=1S/C23H26N4O/c1-3-7-19(8-4-1)21(20-9-5-2-6-10-20)11-12-24-22-17-23(26-18-25-22)27-13-15-28-16-14-27/h1-10,17-18,21H,11-16H2,(H,24,25,26). The fraction of sp³-hybridized carbons (Fsp3) is 0.304. The summed E-state index contributed by atoms with van der Waals surface area (Å²) in [6, 6.07) is 23.4. The van der Waals surface area contributed by atoms with Crippen LogP contribution in [0.2, 0.25) is 0 Å². The number of aromatic nitrogens is 2. The van der Waals surface area contributed by atoms with Gasteiger partial charge in [0.25, 0.3) is 0 Å². The molecule has 1 N–H and O–H groups in total. The van der Waals surface area contributed by atoms with Gasteiger partial charge in [-0.05, 0) is 17.5 Å². The van der Waals surface area contributed by atoms with Crippen molar-refractivity contribution in [3.05, 3.63) is 84.2 Å². The van der Waals surface area contributed by atoms with E-state index in [1.165, 1.54) is 11.1 Å². The molecule has 2 heterocycles. The maximum absolute atomic E-state index is 5.43. The Morgan fingerprint density at radius 3 is 2.18 bits per heavy atom. The van der Waals surface area contributed by atoms with E-state index < -0.39 is 0 Å². The summed E-state index contributed by atoms with van der Waals surface area (Å²) in [6.07, 6.45) is 2.63. The monoisotopic (exact) mass is 374 g/mol. The van der Waals surface area contributed by atoms with Crippen molar-refractivity contribution in [3.8, 4) is 0 Å². The van der Waals surface area contributed by atoms with Crippen molar-refractivity contribution in [1.82, 2.24) is 9.97 Å². The van der Waals surface area contributed by atoms with Crippen molar-refractivity contribution >= 4 is 11.6 Å². The third-order valence-electron chi connectivity index (χ3n) is 5.13. The van der Waals surface area contributed by atoms with Crippen molar-refractivity contribution in [2.75, 3.05) is 43.1 Å². The number of ether oxygens (including phenoxy) is 1. The highest BCUT2D eigenvalue weighted by Gasteiger charge is 2.15. The lowest BCUT2D eigenvalue weighted by molar-refractivity contribution is 0.122. The summed E-state index contributed by atoms with van der Waals surface area (Å²) in [5, 5.41) is 3.49. The van der Waals surface area contributed by atoms with E-state index in [1.54, 1.807) is 6.33 Å². The SMILES string of the molecule is c1ccc(C(CCNc2cc(N3CCOCC3)ncn2)c2ccccc2)cc1. The molecule has 0 saturated carbocycles. The molecule has 0 bridgehead atoms. The van der Waals surface area contributed by atoms with Crippen molar-refractivity contribution in [2.24, 2.45) is 0 Å². The molecule has 5 nitrogen and oxygen atoms in total. The third kappa shape index (κ3) is 4.67. The number of benzene rings is 2. The van der Waals surface area contributed by atoms with Gasteiger partial charge in [-0.1, -0.05) is 60.7 Å². The lowest BCUT2D eigenvalue weighted by atomic mass is 9.88. The number of rotatable bonds is 7. The molecule has 1 aliphatic rings. The van der Waals surface area contributed by atoms with Crippen molar-refractivity contribution in [3.63, 3.8) is 0 Å². The third-order valence-corrected chi connectivity index (χ3v) is 5.13. The topological polar surface area (TPSA) is 50.3 Å². The number of nitrogens with one attached hydrogen (secondary N) is 1. The van der Waals surface area contributed by atoms with Crippen LogP contribution in [0, 0.1) is 0 Å². The smallest absolute Gasteiger partial charge is 0.134 e. The number of anilines is 2. The van der Waals surface area contributed by atoms with Crippen LogP contribution in [0.4, 0.5) is 11.6 Å². The minimum atomic E-state index is 0.357. The first-order valence-electron chi connectivity index (χ1n) is 9.88. The van der Waals surface area contributed by atoms with Crippen molar-refractivity contribution in [1.29, 1.82) is 0 Å². The first kappa shape index (κ1) is 18.4. The molecule has 0 amide bonds. The van der Waals surface area contributed by atoms with Gasteiger partial charge in [0.2, 0.25) is 0 Å². The predicted molar refractivity (Wildman–Crippen MR) is 113 cm³/mol. The maximum Gasteiger partial charge on any atom is 0.134 e. The van der Waals surface area contributed by atoms with Crippen LogP contribution in [-0.2, 0) is 4.74 Å². The van der Waals surface area contributed by atoms with Gasteiger partial charge < -0.3 is 15.0 Å². The van der Waals surface area contributed by atoms with Gasteiger partial charge >= 0.3 is 0 Å². The van der Waals surface area contributed by atoms with Crippen LogP contribution in [0.5, 0.6) is 0 Å². The number of nitrogens with zero attached hydrogens (tertiary/aromatic N) is 3. The molecule has 5 heteroatoms. The van der Waals surface area contributed by atoms with Gasteiger partial charge in [0.15, 0.2) is 0 Å². The summed E-state index contributed by atoms with van der Waals surface area (Å²) in [4.78, 5) is 11.1. The summed E-state index contributed by atoms with van der Waals surface area (Å²) in [5.74, 6) is 2.19. The number of hydrogen-bond donors (Lipinski definition) is 1. The zero-order valence-corrected chi connectivity index (χ0v) is 16.0. The van der Waals surface area contributed by atoms with E-state index in [-0.39, 0.29) is 0 Å². The molecule has 1 aromatic heterocycles. The largest absolute Gasteiger partial charge is 0.378 e. The van der Waals surface area contributed by atoms with Gasteiger partial charge in [0, 0.05) is 31.6 Å². The molecule has 0 radical (unpaired) electrons. The predicted octanol–water partition coefficient (Wildman–Crippen LogP) is 3.95. The maximum atomic E-state index is 5.43. The Labute approximate surface area is 166 Å². The second-order valence-corrected chi connectivity index (χ2v) is 6.95. The van der Waals surface area contributed by atoms with Crippen LogP contribution >= 0.6 is 0 Å². The first-order chi connectivity index (χ1) is 13.9.